The predicted molar refractivity (Wildman–Crippen MR) is 122 cm³/mol. The molecule has 0 aliphatic rings. The summed E-state index contributed by atoms with van der Waals surface area (Å²) in [5.74, 6) is -1.01. The van der Waals surface area contributed by atoms with Crippen molar-refractivity contribution in [1.29, 1.82) is 5.26 Å². The molecule has 0 bridgehead atoms. The number of aromatic carboxylic acids is 1. The highest BCUT2D eigenvalue weighted by Crippen LogP contribution is 2.33. The van der Waals surface area contributed by atoms with Crippen LogP contribution in [0.4, 0.5) is 11.4 Å². The monoisotopic (exact) mass is 422 g/mol. The van der Waals surface area contributed by atoms with Gasteiger partial charge in [-0.2, -0.15) is 10.4 Å². The maximum absolute atomic E-state index is 11.5. The van der Waals surface area contributed by atoms with E-state index < -0.39 is 5.97 Å². The van der Waals surface area contributed by atoms with Crippen LogP contribution < -0.4 is 4.90 Å². The molecule has 8 nitrogen and oxygen atoms in total. The summed E-state index contributed by atoms with van der Waals surface area (Å²) >= 11 is 0. The molecule has 2 N–H and O–H groups in total. The summed E-state index contributed by atoms with van der Waals surface area (Å²) in [6.45, 7) is 0. The highest BCUT2D eigenvalue weighted by molar-refractivity contribution is 6.03. The number of pyridine rings is 1. The van der Waals surface area contributed by atoms with Gasteiger partial charge in [-0.3, -0.25) is 9.67 Å². The molecule has 5 rings (SSSR count). The van der Waals surface area contributed by atoms with Crippen LogP contribution in [0.2, 0.25) is 0 Å². The summed E-state index contributed by atoms with van der Waals surface area (Å²) in [5, 5.41) is 24.1. The van der Waals surface area contributed by atoms with E-state index in [0.717, 1.165) is 28.0 Å². The highest BCUT2D eigenvalue weighted by atomic mass is 16.4. The molecule has 0 saturated heterocycles. The van der Waals surface area contributed by atoms with Crippen molar-refractivity contribution in [3.63, 3.8) is 0 Å². The molecule has 3 heterocycles. The molecule has 5 aromatic rings. The van der Waals surface area contributed by atoms with E-state index in [1.54, 1.807) is 16.8 Å². The molecule has 0 aliphatic heterocycles. The number of anilines is 2. The van der Waals surface area contributed by atoms with E-state index in [9.17, 15) is 9.90 Å². The number of hydrogen-bond donors (Lipinski definition) is 2. The van der Waals surface area contributed by atoms with Crippen molar-refractivity contribution in [2.75, 3.05) is 11.9 Å². The Morgan fingerprint density at radius 3 is 2.59 bits per heavy atom. The number of aromatic nitrogens is 4. The first-order valence-corrected chi connectivity index (χ1v) is 9.88. The molecule has 3 aromatic heterocycles. The van der Waals surface area contributed by atoms with Crippen molar-refractivity contribution in [3.8, 4) is 17.5 Å². The van der Waals surface area contributed by atoms with Crippen LogP contribution >= 0.6 is 0 Å². The molecule has 0 radical (unpaired) electrons. The Hall–Kier alpha value is -4.64. The van der Waals surface area contributed by atoms with Crippen LogP contribution in [0.25, 0.3) is 33.3 Å². The molecular weight excluding hydrogens is 404 g/mol. The number of nitriles is 1. The van der Waals surface area contributed by atoms with Crippen molar-refractivity contribution in [2.45, 2.75) is 0 Å². The minimum Gasteiger partial charge on any atom is -0.478 e. The van der Waals surface area contributed by atoms with Gasteiger partial charge in [0.15, 0.2) is 0 Å². The minimum absolute atomic E-state index is 0.174. The number of hydrogen-bond acceptors (Lipinski definition) is 5. The second kappa shape index (κ2) is 7.25. The zero-order valence-corrected chi connectivity index (χ0v) is 17.4. The summed E-state index contributed by atoms with van der Waals surface area (Å²) in [6.07, 6.45) is 1.49. The summed E-state index contributed by atoms with van der Waals surface area (Å²) in [7, 11) is 3.84. The highest BCUT2D eigenvalue weighted by Gasteiger charge is 2.17. The third-order valence-corrected chi connectivity index (χ3v) is 5.61. The maximum Gasteiger partial charge on any atom is 0.337 e. The number of fused-ring (bicyclic) bond motifs is 2. The first-order valence-electron chi connectivity index (χ1n) is 9.88. The first kappa shape index (κ1) is 19.3. The second-order valence-corrected chi connectivity index (χ2v) is 7.50. The van der Waals surface area contributed by atoms with Gasteiger partial charge in [-0.1, -0.05) is 0 Å². The van der Waals surface area contributed by atoms with Gasteiger partial charge in [-0.15, -0.1) is 0 Å². The molecule has 0 saturated carbocycles. The number of aromatic amines is 1. The van der Waals surface area contributed by atoms with E-state index >= 15 is 0 Å². The van der Waals surface area contributed by atoms with Crippen LogP contribution in [-0.2, 0) is 7.05 Å². The second-order valence-electron chi connectivity index (χ2n) is 7.50. The summed E-state index contributed by atoms with van der Waals surface area (Å²) in [5.41, 5.74) is 6.16. The number of carbonyl (C=O) groups is 1. The van der Waals surface area contributed by atoms with Crippen molar-refractivity contribution in [3.05, 3.63) is 71.9 Å². The Morgan fingerprint density at radius 2 is 1.88 bits per heavy atom. The van der Waals surface area contributed by atoms with Crippen molar-refractivity contribution >= 4 is 39.3 Å². The molecule has 0 atom stereocenters. The average Bonchev–Trinajstić information content (AvgIpc) is 3.39. The van der Waals surface area contributed by atoms with Crippen LogP contribution in [0, 0.1) is 11.3 Å². The van der Waals surface area contributed by atoms with E-state index in [0.29, 0.717) is 22.3 Å². The fraction of sp³-hybridized carbons (Fsp3) is 0.0833. The van der Waals surface area contributed by atoms with Gasteiger partial charge in [0.2, 0.25) is 0 Å². The lowest BCUT2D eigenvalue weighted by molar-refractivity contribution is 0.0698. The van der Waals surface area contributed by atoms with Crippen molar-refractivity contribution < 1.29 is 9.90 Å². The number of carboxylic acid groups (broad SMARTS) is 1. The van der Waals surface area contributed by atoms with Gasteiger partial charge in [0.25, 0.3) is 0 Å². The number of rotatable bonds is 4. The summed E-state index contributed by atoms with van der Waals surface area (Å²) in [4.78, 5) is 21.1. The van der Waals surface area contributed by atoms with Gasteiger partial charge in [-0.25, -0.2) is 4.79 Å². The molecular formula is C24H18N6O2. The molecule has 8 heteroatoms. The predicted octanol–water partition coefficient (Wildman–Crippen LogP) is 4.45. The number of nitrogens with one attached hydrogen (secondary N) is 1. The number of aryl methyl sites for hydroxylation is 1. The summed E-state index contributed by atoms with van der Waals surface area (Å²) < 4.78 is 1.80. The fourth-order valence-electron chi connectivity index (χ4n) is 3.89. The molecule has 0 spiro atoms. The van der Waals surface area contributed by atoms with Crippen LogP contribution in [0.15, 0.2) is 60.8 Å². The van der Waals surface area contributed by atoms with Gasteiger partial charge in [0, 0.05) is 37.1 Å². The van der Waals surface area contributed by atoms with Crippen molar-refractivity contribution in [2.24, 2.45) is 7.05 Å². The number of benzene rings is 2. The molecule has 32 heavy (non-hydrogen) atoms. The summed E-state index contributed by atoms with van der Waals surface area (Å²) in [6, 6.07) is 18.9. The molecule has 0 fully saturated rings. The van der Waals surface area contributed by atoms with Crippen LogP contribution in [0.1, 0.15) is 15.9 Å². The quantitative estimate of drug-likeness (QED) is 0.443. The molecule has 2 aromatic carbocycles. The van der Waals surface area contributed by atoms with Gasteiger partial charge in [-0.05, 0) is 54.6 Å². The van der Waals surface area contributed by atoms with Crippen LogP contribution in [0.3, 0.4) is 0 Å². The van der Waals surface area contributed by atoms with E-state index in [1.165, 1.54) is 12.3 Å². The maximum atomic E-state index is 11.5. The molecule has 0 unspecified atom stereocenters. The lowest BCUT2D eigenvalue weighted by atomic mass is 10.1. The third-order valence-electron chi connectivity index (χ3n) is 5.61. The van der Waals surface area contributed by atoms with Gasteiger partial charge in [0.1, 0.15) is 5.69 Å². The van der Waals surface area contributed by atoms with Gasteiger partial charge in [0.05, 0.1) is 39.4 Å². The van der Waals surface area contributed by atoms with E-state index in [2.05, 4.69) is 21.1 Å². The smallest absolute Gasteiger partial charge is 0.337 e. The van der Waals surface area contributed by atoms with Gasteiger partial charge >= 0.3 is 5.97 Å². The van der Waals surface area contributed by atoms with Gasteiger partial charge < -0.3 is 15.0 Å². The average molecular weight is 422 g/mol. The Bertz CT molecular complexity index is 1540. The zero-order chi connectivity index (χ0) is 22.4. The van der Waals surface area contributed by atoms with E-state index in [1.807, 2.05) is 55.4 Å². The molecule has 0 aliphatic carbocycles. The number of carboxylic acids is 1. The van der Waals surface area contributed by atoms with E-state index in [-0.39, 0.29) is 5.56 Å². The first-order chi connectivity index (χ1) is 15.5. The number of H-pyrrole nitrogens is 1. The van der Waals surface area contributed by atoms with Crippen molar-refractivity contribution in [1.82, 2.24) is 19.7 Å². The normalized spacial score (nSPS) is 11.0. The SMILES string of the molecule is CN(c1ccc(C#N)cc1)c1ccc2c(-c3cc4nccc(C(=O)O)c4[nH]3)nn(C)c2c1. The third kappa shape index (κ3) is 3.04. The molecule has 156 valence electrons. The Kier molecular flexibility index (Phi) is 4.38. The van der Waals surface area contributed by atoms with E-state index in [4.69, 9.17) is 5.26 Å². The van der Waals surface area contributed by atoms with Crippen LogP contribution in [-0.4, -0.2) is 37.9 Å². The Balaban J connectivity index is 1.58. The lowest BCUT2D eigenvalue weighted by Gasteiger charge is -2.19. The van der Waals surface area contributed by atoms with Crippen LogP contribution in [0.5, 0.6) is 0 Å². The standard InChI is InChI=1S/C24H18N6O2/c1-29(15-5-3-14(13-25)4-6-15)16-7-8-17-21(11-16)30(2)28-23(17)20-12-19-22(27-20)18(24(31)32)9-10-26-19/h3-12,27H,1-2H3,(H,31,32). The number of nitrogens with zero attached hydrogens (tertiary/aromatic N) is 5. The fourth-order valence-corrected chi connectivity index (χ4v) is 3.89. The lowest BCUT2D eigenvalue weighted by Crippen LogP contribution is -2.09. The molecule has 0 amide bonds. The topological polar surface area (TPSA) is 111 Å². The largest absolute Gasteiger partial charge is 0.478 e. The Morgan fingerprint density at radius 1 is 1.12 bits per heavy atom. The Labute approximate surface area is 183 Å². The zero-order valence-electron chi connectivity index (χ0n) is 17.4. The minimum atomic E-state index is -1.01.